The van der Waals surface area contributed by atoms with Crippen molar-refractivity contribution >= 4 is 16.8 Å². The molecule has 1 amide bonds. The average Bonchev–Trinajstić information content (AvgIpc) is 3.15. The highest BCUT2D eigenvalue weighted by atomic mass is 16.5. The minimum atomic E-state index is -0.0793. The van der Waals surface area contributed by atoms with Gasteiger partial charge in [-0.15, -0.1) is 0 Å². The van der Waals surface area contributed by atoms with Crippen LogP contribution in [0.3, 0.4) is 0 Å². The number of rotatable bonds is 7. The molecule has 3 aromatic carbocycles. The third kappa shape index (κ3) is 4.31. The van der Waals surface area contributed by atoms with Crippen molar-refractivity contribution in [3.8, 4) is 5.75 Å². The molecule has 1 aromatic heterocycles. The molecule has 5 heteroatoms. The van der Waals surface area contributed by atoms with Crippen LogP contribution >= 0.6 is 0 Å². The van der Waals surface area contributed by atoms with Gasteiger partial charge in [-0.25, -0.2) is 0 Å². The van der Waals surface area contributed by atoms with Gasteiger partial charge in [0, 0.05) is 11.4 Å². The molecular weight excluding hydrogens is 386 g/mol. The molecule has 0 saturated heterocycles. The summed E-state index contributed by atoms with van der Waals surface area (Å²) in [7, 11) is 0. The van der Waals surface area contributed by atoms with E-state index in [0.29, 0.717) is 24.9 Å². The number of nitrogens with zero attached hydrogens (tertiary/aromatic N) is 2. The van der Waals surface area contributed by atoms with E-state index in [2.05, 4.69) is 22.5 Å². The number of fused-ring (bicyclic) bond motifs is 1. The molecule has 5 nitrogen and oxygen atoms in total. The van der Waals surface area contributed by atoms with Gasteiger partial charge in [-0.2, -0.15) is 5.10 Å². The molecule has 0 atom stereocenters. The van der Waals surface area contributed by atoms with Crippen molar-refractivity contribution in [3.05, 3.63) is 95.7 Å². The number of aromatic nitrogens is 2. The summed E-state index contributed by atoms with van der Waals surface area (Å²) >= 11 is 0. The monoisotopic (exact) mass is 411 g/mol. The van der Waals surface area contributed by atoms with E-state index >= 15 is 0 Å². The maximum Gasteiger partial charge on any atom is 0.272 e. The molecule has 0 aliphatic heterocycles. The normalized spacial score (nSPS) is 13.7. The number of hydrogen-bond donors (Lipinski definition) is 1. The SMILES string of the molecule is O=C(NC1CCC1)c1nn(Cc2ccc(OCc3ccccc3)cc2)c2ccccc12. The van der Waals surface area contributed by atoms with Gasteiger partial charge in [0.05, 0.1) is 12.1 Å². The van der Waals surface area contributed by atoms with Gasteiger partial charge in [0.15, 0.2) is 5.69 Å². The van der Waals surface area contributed by atoms with Crippen LogP contribution in [-0.4, -0.2) is 21.7 Å². The Morgan fingerprint density at radius 2 is 1.68 bits per heavy atom. The summed E-state index contributed by atoms with van der Waals surface area (Å²) < 4.78 is 7.79. The Balaban J connectivity index is 1.31. The van der Waals surface area contributed by atoms with E-state index in [0.717, 1.165) is 40.6 Å². The molecule has 31 heavy (non-hydrogen) atoms. The van der Waals surface area contributed by atoms with Gasteiger partial charge in [-0.1, -0.05) is 60.7 Å². The number of benzene rings is 3. The second kappa shape index (κ2) is 8.64. The highest BCUT2D eigenvalue weighted by molar-refractivity contribution is 6.05. The van der Waals surface area contributed by atoms with Gasteiger partial charge in [0.2, 0.25) is 0 Å². The fourth-order valence-corrected chi connectivity index (χ4v) is 3.83. The Morgan fingerprint density at radius 3 is 2.42 bits per heavy atom. The van der Waals surface area contributed by atoms with Crippen LogP contribution in [0.2, 0.25) is 0 Å². The van der Waals surface area contributed by atoms with Crippen molar-refractivity contribution in [1.82, 2.24) is 15.1 Å². The van der Waals surface area contributed by atoms with Crippen LogP contribution in [0.1, 0.15) is 40.9 Å². The molecule has 1 aliphatic carbocycles. The number of carbonyl (C=O) groups is 1. The maximum atomic E-state index is 12.8. The molecule has 4 aromatic rings. The fraction of sp³-hybridized carbons (Fsp3) is 0.231. The minimum Gasteiger partial charge on any atom is -0.489 e. The fourth-order valence-electron chi connectivity index (χ4n) is 3.83. The van der Waals surface area contributed by atoms with Gasteiger partial charge in [-0.3, -0.25) is 9.48 Å². The summed E-state index contributed by atoms with van der Waals surface area (Å²) in [6.07, 6.45) is 3.30. The Labute approximate surface area is 181 Å². The van der Waals surface area contributed by atoms with E-state index in [1.807, 2.05) is 71.4 Å². The summed E-state index contributed by atoms with van der Waals surface area (Å²) in [4.78, 5) is 12.8. The molecule has 1 N–H and O–H groups in total. The van der Waals surface area contributed by atoms with Gasteiger partial charge in [0.25, 0.3) is 5.91 Å². The smallest absolute Gasteiger partial charge is 0.272 e. The van der Waals surface area contributed by atoms with Gasteiger partial charge < -0.3 is 10.1 Å². The minimum absolute atomic E-state index is 0.0793. The quantitative estimate of drug-likeness (QED) is 0.468. The number of para-hydroxylation sites is 1. The van der Waals surface area contributed by atoms with Crippen LogP contribution in [0, 0.1) is 0 Å². The number of amides is 1. The summed E-state index contributed by atoms with van der Waals surface area (Å²) in [6.45, 7) is 1.14. The van der Waals surface area contributed by atoms with Gasteiger partial charge in [0.1, 0.15) is 12.4 Å². The van der Waals surface area contributed by atoms with E-state index in [9.17, 15) is 4.79 Å². The Hall–Kier alpha value is -3.60. The number of ether oxygens (including phenoxy) is 1. The molecular formula is C26H25N3O2. The summed E-state index contributed by atoms with van der Waals surface area (Å²) in [5, 5.41) is 8.66. The first-order chi connectivity index (χ1) is 15.3. The number of nitrogens with one attached hydrogen (secondary N) is 1. The van der Waals surface area contributed by atoms with Crippen LogP contribution in [0.25, 0.3) is 10.9 Å². The van der Waals surface area contributed by atoms with Gasteiger partial charge in [-0.05, 0) is 48.6 Å². The topological polar surface area (TPSA) is 56.2 Å². The predicted octanol–water partition coefficient (Wildman–Crippen LogP) is 4.95. The molecule has 0 spiro atoms. The zero-order valence-corrected chi connectivity index (χ0v) is 17.3. The highest BCUT2D eigenvalue weighted by Gasteiger charge is 2.23. The zero-order chi connectivity index (χ0) is 21.0. The second-order valence-electron chi connectivity index (χ2n) is 8.04. The Kier molecular flexibility index (Phi) is 5.40. The van der Waals surface area contributed by atoms with E-state index in [-0.39, 0.29) is 5.91 Å². The summed E-state index contributed by atoms with van der Waals surface area (Å²) in [5.74, 6) is 0.753. The van der Waals surface area contributed by atoms with Crippen molar-refractivity contribution in [2.75, 3.05) is 0 Å². The molecule has 0 radical (unpaired) electrons. The molecule has 5 rings (SSSR count). The second-order valence-corrected chi connectivity index (χ2v) is 8.04. The molecule has 1 heterocycles. The Morgan fingerprint density at radius 1 is 0.935 bits per heavy atom. The van der Waals surface area contributed by atoms with Crippen molar-refractivity contribution < 1.29 is 9.53 Å². The van der Waals surface area contributed by atoms with Crippen molar-refractivity contribution in [2.45, 2.75) is 38.5 Å². The highest BCUT2D eigenvalue weighted by Crippen LogP contribution is 2.23. The molecule has 1 saturated carbocycles. The number of hydrogen-bond acceptors (Lipinski definition) is 3. The van der Waals surface area contributed by atoms with E-state index in [1.165, 1.54) is 6.42 Å². The summed E-state index contributed by atoms with van der Waals surface area (Å²) in [6, 6.07) is 26.4. The van der Waals surface area contributed by atoms with Crippen LogP contribution in [0.5, 0.6) is 5.75 Å². The van der Waals surface area contributed by atoms with Crippen LogP contribution in [0.4, 0.5) is 0 Å². The average molecular weight is 412 g/mol. The Bertz CT molecular complexity index is 1180. The van der Waals surface area contributed by atoms with Crippen LogP contribution < -0.4 is 10.1 Å². The van der Waals surface area contributed by atoms with Crippen LogP contribution in [0.15, 0.2) is 78.9 Å². The van der Waals surface area contributed by atoms with E-state index in [4.69, 9.17) is 4.74 Å². The lowest BCUT2D eigenvalue weighted by atomic mass is 9.93. The molecule has 0 unspecified atom stereocenters. The number of carbonyl (C=O) groups excluding carboxylic acids is 1. The van der Waals surface area contributed by atoms with Gasteiger partial charge >= 0.3 is 0 Å². The first kappa shape index (κ1) is 19.4. The molecule has 1 fully saturated rings. The maximum absolute atomic E-state index is 12.8. The third-order valence-electron chi connectivity index (χ3n) is 5.82. The predicted molar refractivity (Wildman–Crippen MR) is 121 cm³/mol. The lowest BCUT2D eigenvalue weighted by molar-refractivity contribution is 0.0912. The van der Waals surface area contributed by atoms with E-state index < -0.39 is 0 Å². The van der Waals surface area contributed by atoms with Crippen molar-refractivity contribution in [2.24, 2.45) is 0 Å². The van der Waals surface area contributed by atoms with Crippen molar-refractivity contribution in [1.29, 1.82) is 0 Å². The zero-order valence-electron chi connectivity index (χ0n) is 17.3. The molecule has 0 bridgehead atoms. The lowest BCUT2D eigenvalue weighted by Crippen LogP contribution is -2.39. The standard InChI is InChI=1S/C26H25N3O2/c30-26(27-21-9-6-10-21)25-23-11-4-5-12-24(23)29(28-25)17-19-13-15-22(16-14-19)31-18-20-7-2-1-3-8-20/h1-5,7-8,11-16,21H,6,9-10,17-18H2,(H,27,30). The third-order valence-corrected chi connectivity index (χ3v) is 5.82. The summed E-state index contributed by atoms with van der Waals surface area (Å²) in [5.41, 5.74) is 3.71. The van der Waals surface area contributed by atoms with Crippen LogP contribution in [-0.2, 0) is 13.2 Å². The van der Waals surface area contributed by atoms with E-state index in [1.54, 1.807) is 0 Å². The first-order valence-corrected chi connectivity index (χ1v) is 10.8. The molecule has 1 aliphatic rings. The first-order valence-electron chi connectivity index (χ1n) is 10.8. The molecule has 156 valence electrons. The largest absolute Gasteiger partial charge is 0.489 e. The van der Waals surface area contributed by atoms with Crippen molar-refractivity contribution in [3.63, 3.8) is 0 Å². The lowest BCUT2D eigenvalue weighted by Gasteiger charge is -2.25.